The van der Waals surface area contributed by atoms with E-state index in [1.807, 2.05) is 6.20 Å². The maximum Gasteiger partial charge on any atom is 0.106 e. The van der Waals surface area contributed by atoms with Crippen LogP contribution in [0.5, 0.6) is 0 Å². The van der Waals surface area contributed by atoms with Crippen LogP contribution in [0.15, 0.2) is 6.20 Å². The van der Waals surface area contributed by atoms with Gasteiger partial charge in [0.05, 0.1) is 0 Å². The molecule has 1 atom stereocenters. The second kappa shape index (κ2) is 5.81. The van der Waals surface area contributed by atoms with Gasteiger partial charge in [-0.05, 0) is 12.8 Å². The summed E-state index contributed by atoms with van der Waals surface area (Å²) in [6.07, 6.45) is 7.31. The molecular formula is C11H21N3. The molecule has 0 saturated heterocycles. The zero-order valence-corrected chi connectivity index (χ0v) is 9.21. The van der Waals surface area contributed by atoms with Gasteiger partial charge in [0.25, 0.3) is 0 Å². The van der Waals surface area contributed by atoms with Crippen LogP contribution in [0.2, 0.25) is 0 Å². The molecule has 0 bridgehead atoms. The molecule has 0 aliphatic heterocycles. The highest BCUT2D eigenvalue weighted by atomic mass is 14.9. The van der Waals surface area contributed by atoms with Gasteiger partial charge in [-0.1, -0.05) is 20.3 Å². The van der Waals surface area contributed by atoms with E-state index in [2.05, 4.69) is 23.8 Å². The Kier molecular flexibility index (Phi) is 4.66. The van der Waals surface area contributed by atoms with Crippen molar-refractivity contribution in [2.45, 2.75) is 52.0 Å². The fourth-order valence-electron chi connectivity index (χ4n) is 1.41. The lowest BCUT2D eigenvalue weighted by molar-refractivity contribution is 0.637. The molecule has 3 nitrogen and oxygen atoms in total. The summed E-state index contributed by atoms with van der Waals surface area (Å²) in [6, 6.07) is 0.259. The molecule has 1 aromatic rings. The molecular weight excluding hydrogens is 174 g/mol. The van der Waals surface area contributed by atoms with E-state index in [1.54, 1.807) is 0 Å². The Balaban J connectivity index is 2.42. The van der Waals surface area contributed by atoms with Gasteiger partial charge >= 0.3 is 0 Å². The van der Waals surface area contributed by atoms with Crippen molar-refractivity contribution in [3.8, 4) is 0 Å². The van der Waals surface area contributed by atoms with E-state index in [1.165, 1.54) is 18.5 Å². The van der Waals surface area contributed by atoms with Crippen molar-refractivity contribution in [2.24, 2.45) is 5.73 Å². The normalized spacial score (nSPS) is 13.1. The van der Waals surface area contributed by atoms with E-state index in [-0.39, 0.29) is 6.04 Å². The lowest BCUT2D eigenvalue weighted by atomic mass is 10.1. The summed E-state index contributed by atoms with van der Waals surface area (Å²) < 4.78 is 0. The molecule has 1 aromatic heterocycles. The van der Waals surface area contributed by atoms with Crippen molar-refractivity contribution >= 4 is 0 Å². The smallest absolute Gasteiger partial charge is 0.106 e. The Hall–Kier alpha value is -0.830. The van der Waals surface area contributed by atoms with Crippen LogP contribution < -0.4 is 5.73 Å². The summed E-state index contributed by atoms with van der Waals surface area (Å²) in [6.45, 7) is 4.30. The number of rotatable bonds is 6. The molecule has 1 unspecified atom stereocenters. The third kappa shape index (κ3) is 3.50. The first kappa shape index (κ1) is 11.2. The van der Waals surface area contributed by atoms with Crippen LogP contribution >= 0.6 is 0 Å². The second-order valence-electron chi connectivity index (χ2n) is 3.83. The number of imidazole rings is 1. The van der Waals surface area contributed by atoms with Gasteiger partial charge in [-0.3, -0.25) is 0 Å². The number of unbranched alkanes of at least 4 members (excludes halogenated alkanes) is 1. The molecule has 0 fully saturated rings. The number of hydrogen-bond donors (Lipinski definition) is 2. The van der Waals surface area contributed by atoms with E-state index < -0.39 is 0 Å². The molecule has 1 rings (SSSR count). The van der Waals surface area contributed by atoms with Gasteiger partial charge in [-0.25, -0.2) is 4.98 Å². The van der Waals surface area contributed by atoms with Gasteiger partial charge in [0, 0.05) is 30.8 Å². The molecule has 0 aliphatic rings. The van der Waals surface area contributed by atoms with Gasteiger partial charge in [0.1, 0.15) is 5.82 Å². The first-order valence-corrected chi connectivity index (χ1v) is 5.54. The number of H-pyrrole nitrogens is 1. The van der Waals surface area contributed by atoms with Gasteiger partial charge in [-0.15, -0.1) is 0 Å². The number of nitrogens with one attached hydrogen (secondary N) is 1. The predicted octanol–water partition coefficient (Wildman–Crippen LogP) is 2.03. The SMILES string of the molecule is CCCCc1ncc(CC(N)CC)[nH]1. The van der Waals surface area contributed by atoms with Gasteiger partial charge in [-0.2, -0.15) is 0 Å². The number of nitrogens with two attached hydrogens (primary N) is 1. The summed E-state index contributed by atoms with van der Waals surface area (Å²) in [5.41, 5.74) is 7.04. The average Bonchev–Trinajstić information content (AvgIpc) is 2.62. The molecule has 80 valence electrons. The van der Waals surface area contributed by atoms with E-state index in [4.69, 9.17) is 5.73 Å². The standard InChI is InChI=1S/C11H21N3/c1-3-5-6-11-13-8-10(14-11)7-9(12)4-2/h8-9H,3-7,12H2,1-2H3,(H,13,14). The molecule has 0 amide bonds. The monoisotopic (exact) mass is 195 g/mol. The van der Waals surface area contributed by atoms with Crippen molar-refractivity contribution in [1.82, 2.24) is 9.97 Å². The van der Waals surface area contributed by atoms with E-state index in [0.717, 1.165) is 25.1 Å². The zero-order chi connectivity index (χ0) is 10.4. The Morgan fingerprint density at radius 1 is 1.50 bits per heavy atom. The molecule has 1 heterocycles. The highest BCUT2D eigenvalue weighted by Gasteiger charge is 2.04. The summed E-state index contributed by atoms with van der Waals surface area (Å²) in [7, 11) is 0. The first-order chi connectivity index (χ1) is 6.76. The number of aryl methyl sites for hydroxylation is 1. The van der Waals surface area contributed by atoms with Crippen LogP contribution in [0.4, 0.5) is 0 Å². The summed E-state index contributed by atoms with van der Waals surface area (Å²) in [5, 5.41) is 0. The largest absolute Gasteiger partial charge is 0.346 e. The Morgan fingerprint density at radius 2 is 2.29 bits per heavy atom. The molecule has 3 heteroatoms. The molecule has 14 heavy (non-hydrogen) atoms. The Morgan fingerprint density at radius 3 is 2.93 bits per heavy atom. The minimum atomic E-state index is 0.259. The maximum absolute atomic E-state index is 5.87. The van der Waals surface area contributed by atoms with Gasteiger partial charge < -0.3 is 10.7 Å². The zero-order valence-electron chi connectivity index (χ0n) is 9.21. The van der Waals surface area contributed by atoms with Crippen molar-refractivity contribution in [3.05, 3.63) is 17.7 Å². The van der Waals surface area contributed by atoms with Crippen LogP contribution in [-0.4, -0.2) is 16.0 Å². The fraction of sp³-hybridized carbons (Fsp3) is 0.727. The lowest BCUT2D eigenvalue weighted by Gasteiger charge is -2.05. The maximum atomic E-state index is 5.87. The lowest BCUT2D eigenvalue weighted by Crippen LogP contribution is -2.21. The third-order valence-corrected chi connectivity index (χ3v) is 2.45. The molecule has 3 N–H and O–H groups in total. The fourth-order valence-corrected chi connectivity index (χ4v) is 1.41. The molecule has 0 spiro atoms. The third-order valence-electron chi connectivity index (χ3n) is 2.45. The molecule has 0 aliphatic carbocycles. The van der Waals surface area contributed by atoms with Crippen LogP contribution in [0.25, 0.3) is 0 Å². The minimum Gasteiger partial charge on any atom is -0.346 e. The highest BCUT2D eigenvalue weighted by Crippen LogP contribution is 2.04. The average molecular weight is 195 g/mol. The van der Waals surface area contributed by atoms with Gasteiger partial charge in [0.2, 0.25) is 0 Å². The first-order valence-electron chi connectivity index (χ1n) is 5.54. The summed E-state index contributed by atoms with van der Waals surface area (Å²) >= 11 is 0. The van der Waals surface area contributed by atoms with E-state index >= 15 is 0 Å². The van der Waals surface area contributed by atoms with E-state index in [0.29, 0.717) is 0 Å². The van der Waals surface area contributed by atoms with Crippen molar-refractivity contribution in [1.29, 1.82) is 0 Å². The number of aromatic nitrogens is 2. The van der Waals surface area contributed by atoms with Crippen LogP contribution in [-0.2, 0) is 12.8 Å². The molecule has 0 radical (unpaired) electrons. The number of aromatic amines is 1. The number of hydrogen-bond acceptors (Lipinski definition) is 2. The minimum absolute atomic E-state index is 0.259. The molecule has 0 aromatic carbocycles. The Bertz CT molecular complexity index is 255. The van der Waals surface area contributed by atoms with Crippen molar-refractivity contribution in [3.63, 3.8) is 0 Å². The van der Waals surface area contributed by atoms with Crippen molar-refractivity contribution < 1.29 is 0 Å². The molecule has 0 saturated carbocycles. The predicted molar refractivity (Wildman–Crippen MR) is 59.2 cm³/mol. The van der Waals surface area contributed by atoms with Gasteiger partial charge in [0.15, 0.2) is 0 Å². The quantitative estimate of drug-likeness (QED) is 0.729. The Labute approximate surface area is 86.1 Å². The number of nitrogens with zero attached hydrogens (tertiary/aromatic N) is 1. The summed E-state index contributed by atoms with van der Waals surface area (Å²) in [4.78, 5) is 7.65. The van der Waals surface area contributed by atoms with Crippen molar-refractivity contribution in [2.75, 3.05) is 0 Å². The highest BCUT2D eigenvalue weighted by molar-refractivity contribution is 5.03. The van der Waals surface area contributed by atoms with Crippen LogP contribution in [0.1, 0.15) is 44.6 Å². The topological polar surface area (TPSA) is 54.7 Å². The van der Waals surface area contributed by atoms with Crippen LogP contribution in [0, 0.1) is 0 Å². The van der Waals surface area contributed by atoms with E-state index in [9.17, 15) is 0 Å². The second-order valence-corrected chi connectivity index (χ2v) is 3.83. The van der Waals surface area contributed by atoms with Crippen LogP contribution in [0.3, 0.4) is 0 Å². The summed E-state index contributed by atoms with van der Waals surface area (Å²) in [5.74, 6) is 1.10.